The molecule has 0 amide bonds. The third-order valence-corrected chi connectivity index (χ3v) is 4.13. The van der Waals surface area contributed by atoms with Gasteiger partial charge in [-0.15, -0.1) is 0 Å². The molecule has 0 unspecified atom stereocenters. The summed E-state index contributed by atoms with van der Waals surface area (Å²) in [7, 11) is 0. The molecular weight excluding hydrogens is 319 g/mol. The van der Waals surface area contributed by atoms with Crippen molar-refractivity contribution in [2.45, 2.75) is 9.79 Å². The van der Waals surface area contributed by atoms with Crippen molar-refractivity contribution in [2.24, 2.45) is 0 Å². The van der Waals surface area contributed by atoms with Crippen molar-refractivity contribution >= 4 is 40.7 Å². The lowest BCUT2D eigenvalue weighted by atomic mass is 10.2. The standard InChI is InChI=1S/C13H6Cl2N2O2S/c14-9-2-4-11(15)13(5-9)20-10-3-1-8(7-16)12(6-10)17(18)19/h1-6H. The second-order valence-corrected chi connectivity index (χ2v) is 5.68. The van der Waals surface area contributed by atoms with Crippen molar-refractivity contribution in [1.82, 2.24) is 0 Å². The molecule has 20 heavy (non-hydrogen) atoms. The Morgan fingerprint density at radius 3 is 2.60 bits per heavy atom. The zero-order chi connectivity index (χ0) is 14.7. The van der Waals surface area contributed by atoms with Crippen molar-refractivity contribution in [3.05, 3.63) is 62.1 Å². The average molecular weight is 325 g/mol. The van der Waals surface area contributed by atoms with Gasteiger partial charge in [-0.2, -0.15) is 5.26 Å². The first-order chi connectivity index (χ1) is 9.51. The number of benzene rings is 2. The number of hydrogen-bond acceptors (Lipinski definition) is 4. The Hall–Kier alpha value is -1.74. The van der Waals surface area contributed by atoms with Crippen LogP contribution in [0.25, 0.3) is 0 Å². The fourth-order valence-corrected chi connectivity index (χ4v) is 2.88. The van der Waals surface area contributed by atoms with Crippen molar-refractivity contribution in [3.63, 3.8) is 0 Å². The minimum absolute atomic E-state index is 0.0246. The Morgan fingerprint density at radius 2 is 1.95 bits per heavy atom. The van der Waals surface area contributed by atoms with E-state index < -0.39 is 4.92 Å². The lowest BCUT2D eigenvalue weighted by molar-refractivity contribution is -0.385. The smallest absolute Gasteiger partial charge is 0.258 e. The fourth-order valence-electron chi connectivity index (χ4n) is 1.50. The van der Waals surface area contributed by atoms with Gasteiger partial charge in [-0.3, -0.25) is 10.1 Å². The van der Waals surface area contributed by atoms with Gasteiger partial charge in [-0.25, -0.2) is 0 Å². The van der Waals surface area contributed by atoms with Gasteiger partial charge in [-0.1, -0.05) is 35.0 Å². The fraction of sp³-hybridized carbons (Fsp3) is 0. The first-order valence-electron chi connectivity index (χ1n) is 5.32. The van der Waals surface area contributed by atoms with Crippen LogP contribution in [0, 0.1) is 21.4 Å². The Morgan fingerprint density at radius 1 is 1.20 bits per heavy atom. The third-order valence-electron chi connectivity index (χ3n) is 2.41. The van der Waals surface area contributed by atoms with Gasteiger partial charge in [-0.05, 0) is 30.3 Å². The molecule has 0 saturated carbocycles. The Balaban J connectivity index is 2.40. The SMILES string of the molecule is N#Cc1ccc(Sc2cc(Cl)ccc2Cl)cc1[N+](=O)[O-]. The van der Waals surface area contributed by atoms with E-state index in [-0.39, 0.29) is 11.3 Å². The van der Waals surface area contributed by atoms with Gasteiger partial charge in [0.1, 0.15) is 11.6 Å². The number of nitriles is 1. The molecule has 0 aromatic heterocycles. The summed E-state index contributed by atoms with van der Waals surface area (Å²) in [6.07, 6.45) is 0. The average Bonchev–Trinajstić information content (AvgIpc) is 2.42. The van der Waals surface area contributed by atoms with Gasteiger partial charge in [0.05, 0.1) is 9.95 Å². The molecule has 0 heterocycles. The normalized spacial score (nSPS) is 10.1. The predicted octanol–water partition coefficient (Wildman–Crippen LogP) is 4.92. The van der Waals surface area contributed by atoms with Crippen molar-refractivity contribution in [1.29, 1.82) is 5.26 Å². The highest BCUT2D eigenvalue weighted by Gasteiger charge is 2.15. The maximum Gasteiger partial charge on any atom is 0.288 e. The van der Waals surface area contributed by atoms with E-state index in [1.807, 2.05) is 0 Å². The number of hydrogen-bond donors (Lipinski definition) is 0. The van der Waals surface area contributed by atoms with Crippen LogP contribution in [0.2, 0.25) is 10.0 Å². The molecule has 0 spiro atoms. The minimum Gasteiger partial charge on any atom is -0.258 e. The highest BCUT2D eigenvalue weighted by Crippen LogP contribution is 2.36. The number of halogens is 2. The van der Waals surface area contributed by atoms with Crippen molar-refractivity contribution in [3.8, 4) is 6.07 Å². The topological polar surface area (TPSA) is 66.9 Å². The summed E-state index contributed by atoms with van der Waals surface area (Å²) in [5.74, 6) is 0. The molecule has 0 fully saturated rings. The number of nitro benzene ring substituents is 1. The summed E-state index contributed by atoms with van der Waals surface area (Å²) in [6, 6.07) is 11.2. The molecule has 0 aliphatic heterocycles. The van der Waals surface area contributed by atoms with E-state index in [0.29, 0.717) is 19.8 Å². The van der Waals surface area contributed by atoms with Crippen LogP contribution < -0.4 is 0 Å². The summed E-state index contributed by atoms with van der Waals surface area (Å²) < 4.78 is 0. The predicted molar refractivity (Wildman–Crippen MR) is 78.4 cm³/mol. The molecule has 0 radical (unpaired) electrons. The summed E-state index contributed by atoms with van der Waals surface area (Å²) >= 11 is 13.2. The quantitative estimate of drug-likeness (QED) is 0.593. The maximum atomic E-state index is 10.9. The molecule has 0 bridgehead atoms. The van der Waals surface area contributed by atoms with E-state index in [1.165, 1.54) is 23.9 Å². The molecule has 0 aliphatic carbocycles. The number of nitro groups is 1. The van der Waals surface area contributed by atoms with Crippen LogP contribution in [0.3, 0.4) is 0 Å². The first kappa shape index (κ1) is 14.7. The van der Waals surface area contributed by atoms with Crippen LogP contribution in [0.5, 0.6) is 0 Å². The van der Waals surface area contributed by atoms with Crippen LogP contribution in [-0.4, -0.2) is 4.92 Å². The van der Waals surface area contributed by atoms with Gasteiger partial charge in [0, 0.05) is 20.9 Å². The van der Waals surface area contributed by atoms with E-state index in [0.717, 1.165) is 0 Å². The van der Waals surface area contributed by atoms with Gasteiger partial charge in [0.2, 0.25) is 0 Å². The van der Waals surface area contributed by atoms with E-state index >= 15 is 0 Å². The monoisotopic (exact) mass is 324 g/mol. The highest BCUT2D eigenvalue weighted by atomic mass is 35.5. The summed E-state index contributed by atoms with van der Waals surface area (Å²) in [6.45, 7) is 0. The lowest BCUT2D eigenvalue weighted by Crippen LogP contribution is -1.92. The van der Waals surface area contributed by atoms with Crippen LogP contribution >= 0.6 is 35.0 Å². The third kappa shape index (κ3) is 3.23. The minimum atomic E-state index is -0.581. The van der Waals surface area contributed by atoms with Crippen LogP contribution in [0.1, 0.15) is 5.56 Å². The van der Waals surface area contributed by atoms with Gasteiger partial charge in [0.15, 0.2) is 0 Å². The highest BCUT2D eigenvalue weighted by molar-refractivity contribution is 7.99. The molecule has 0 aliphatic rings. The molecule has 2 rings (SSSR count). The lowest BCUT2D eigenvalue weighted by Gasteiger charge is -2.05. The Kier molecular flexibility index (Phi) is 4.50. The van der Waals surface area contributed by atoms with Crippen LogP contribution in [0.15, 0.2) is 46.2 Å². The molecule has 4 nitrogen and oxygen atoms in total. The number of nitrogens with zero attached hydrogens (tertiary/aromatic N) is 2. The Bertz CT molecular complexity index is 729. The first-order valence-corrected chi connectivity index (χ1v) is 6.90. The van der Waals surface area contributed by atoms with E-state index in [1.54, 1.807) is 30.3 Å². The zero-order valence-electron chi connectivity index (χ0n) is 9.84. The summed E-state index contributed by atoms with van der Waals surface area (Å²) in [5.41, 5.74) is -0.202. The molecule has 2 aromatic rings. The number of rotatable bonds is 3. The van der Waals surface area contributed by atoms with Crippen molar-refractivity contribution < 1.29 is 4.92 Å². The van der Waals surface area contributed by atoms with Gasteiger partial charge in [0.25, 0.3) is 5.69 Å². The molecule has 0 saturated heterocycles. The summed E-state index contributed by atoms with van der Waals surface area (Å²) in [4.78, 5) is 11.6. The van der Waals surface area contributed by atoms with Crippen LogP contribution in [0.4, 0.5) is 5.69 Å². The molecule has 2 aromatic carbocycles. The van der Waals surface area contributed by atoms with E-state index in [9.17, 15) is 10.1 Å². The molecule has 7 heteroatoms. The molecule has 0 N–H and O–H groups in total. The molecule has 100 valence electrons. The van der Waals surface area contributed by atoms with Gasteiger partial charge >= 0.3 is 0 Å². The molecule has 0 atom stereocenters. The molecular formula is C13H6Cl2N2O2S. The second-order valence-electron chi connectivity index (χ2n) is 3.72. The van der Waals surface area contributed by atoms with Gasteiger partial charge < -0.3 is 0 Å². The van der Waals surface area contributed by atoms with Crippen LogP contribution in [-0.2, 0) is 0 Å². The van der Waals surface area contributed by atoms with Crippen molar-refractivity contribution in [2.75, 3.05) is 0 Å². The maximum absolute atomic E-state index is 10.9. The summed E-state index contributed by atoms with van der Waals surface area (Å²) in [5, 5.41) is 20.8. The second kappa shape index (κ2) is 6.14. The zero-order valence-corrected chi connectivity index (χ0v) is 12.2. The Labute approximate surface area is 129 Å². The largest absolute Gasteiger partial charge is 0.288 e. The van der Waals surface area contributed by atoms with E-state index in [4.69, 9.17) is 28.5 Å². The van der Waals surface area contributed by atoms with E-state index in [2.05, 4.69) is 0 Å².